The topological polar surface area (TPSA) is 51.6 Å². The van der Waals surface area contributed by atoms with E-state index in [4.69, 9.17) is 15.0 Å². The Balaban J connectivity index is 1.21. The summed E-state index contributed by atoms with van der Waals surface area (Å²) in [6.07, 6.45) is 3.72. The lowest BCUT2D eigenvalue weighted by atomic mass is 9.82. The molecule has 4 heteroatoms. The lowest BCUT2D eigenvalue weighted by Gasteiger charge is -2.22. The molecule has 2 aromatic heterocycles. The zero-order valence-electron chi connectivity index (χ0n) is 29.5. The largest absolute Gasteiger partial charge is 0.264 e. The first-order valence-electron chi connectivity index (χ1n) is 18.1. The van der Waals surface area contributed by atoms with E-state index in [9.17, 15) is 0 Å². The Labute approximate surface area is 308 Å². The number of nitrogens with zero attached hydrogens (tertiary/aromatic N) is 4. The van der Waals surface area contributed by atoms with Gasteiger partial charge in [-0.05, 0) is 84.8 Å². The van der Waals surface area contributed by atoms with Crippen LogP contribution in [-0.2, 0) is 5.41 Å². The molecule has 1 aliphatic rings. The minimum atomic E-state index is -0.150. The highest BCUT2D eigenvalue weighted by atomic mass is 15.0. The fraction of sp³-hybridized carbons (Fsp3) is 0.0612. The number of fused-ring (bicyclic) bond motifs is 5. The number of hydrogen-bond donors (Lipinski definition) is 0. The van der Waals surface area contributed by atoms with Crippen LogP contribution in [0, 0.1) is 0 Å². The second kappa shape index (κ2) is 12.2. The van der Waals surface area contributed by atoms with Crippen LogP contribution in [0.15, 0.2) is 170 Å². The highest BCUT2D eigenvalue weighted by molar-refractivity contribution is 6.06. The summed E-state index contributed by atoms with van der Waals surface area (Å²) in [7, 11) is 0. The molecule has 7 aromatic carbocycles. The van der Waals surface area contributed by atoms with Crippen molar-refractivity contribution in [1.29, 1.82) is 0 Å². The maximum atomic E-state index is 5.30. The van der Waals surface area contributed by atoms with E-state index in [1.165, 1.54) is 33.4 Å². The molecule has 9 aromatic rings. The maximum absolute atomic E-state index is 5.30. The molecular weight excluding hydrogens is 645 g/mol. The highest BCUT2D eigenvalue weighted by Gasteiger charge is 2.35. The van der Waals surface area contributed by atoms with Crippen molar-refractivity contribution in [3.8, 4) is 67.5 Å². The predicted octanol–water partition coefficient (Wildman–Crippen LogP) is 12.2. The Hall–Kier alpha value is -6.78. The Bertz CT molecular complexity index is 2720. The van der Waals surface area contributed by atoms with E-state index in [1.54, 1.807) is 0 Å². The van der Waals surface area contributed by atoms with Crippen molar-refractivity contribution in [2.75, 3.05) is 0 Å². The van der Waals surface area contributed by atoms with Crippen LogP contribution < -0.4 is 0 Å². The molecule has 1 aliphatic carbocycles. The average molecular weight is 679 g/mol. The molecule has 2 heterocycles. The summed E-state index contributed by atoms with van der Waals surface area (Å²) in [5.74, 6) is 1.93. The van der Waals surface area contributed by atoms with Gasteiger partial charge >= 0.3 is 0 Å². The number of pyridine rings is 1. The second-order valence-electron chi connectivity index (χ2n) is 14.3. The monoisotopic (exact) mass is 678 g/mol. The number of benzene rings is 7. The Kier molecular flexibility index (Phi) is 7.12. The van der Waals surface area contributed by atoms with Crippen molar-refractivity contribution in [2.45, 2.75) is 19.3 Å². The van der Waals surface area contributed by atoms with Gasteiger partial charge < -0.3 is 0 Å². The predicted molar refractivity (Wildman–Crippen MR) is 217 cm³/mol. The van der Waals surface area contributed by atoms with Gasteiger partial charge in [-0.3, -0.25) is 4.98 Å². The van der Waals surface area contributed by atoms with Crippen molar-refractivity contribution in [1.82, 2.24) is 19.9 Å². The third-order valence-corrected chi connectivity index (χ3v) is 10.9. The van der Waals surface area contributed by atoms with Crippen LogP contribution in [0.25, 0.3) is 89.1 Å². The molecule has 53 heavy (non-hydrogen) atoms. The van der Waals surface area contributed by atoms with Gasteiger partial charge in [-0.1, -0.05) is 147 Å². The van der Waals surface area contributed by atoms with Gasteiger partial charge in [-0.15, -0.1) is 0 Å². The fourth-order valence-electron chi connectivity index (χ4n) is 8.22. The molecule has 0 atom stereocenters. The molecule has 0 amide bonds. The lowest BCUT2D eigenvalue weighted by molar-refractivity contribution is 0.660. The van der Waals surface area contributed by atoms with Gasteiger partial charge in [0.15, 0.2) is 17.5 Å². The minimum Gasteiger partial charge on any atom is -0.264 e. The molecule has 10 rings (SSSR count). The number of aromatic nitrogens is 4. The quantitative estimate of drug-likeness (QED) is 0.182. The van der Waals surface area contributed by atoms with E-state index in [1.807, 2.05) is 18.5 Å². The van der Waals surface area contributed by atoms with E-state index < -0.39 is 0 Å². The number of hydrogen-bond acceptors (Lipinski definition) is 4. The van der Waals surface area contributed by atoms with Gasteiger partial charge in [0.05, 0.1) is 0 Å². The molecule has 0 unspecified atom stereocenters. The van der Waals surface area contributed by atoms with Gasteiger partial charge in [0.1, 0.15) is 0 Å². The Morgan fingerprint density at radius 2 is 0.849 bits per heavy atom. The van der Waals surface area contributed by atoms with Crippen LogP contribution in [0.4, 0.5) is 0 Å². The smallest absolute Gasteiger partial charge is 0.164 e. The second-order valence-corrected chi connectivity index (χ2v) is 14.3. The molecule has 0 radical (unpaired) electrons. The molecule has 0 N–H and O–H groups in total. The van der Waals surface area contributed by atoms with Gasteiger partial charge in [-0.25, -0.2) is 15.0 Å². The van der Waals surface area contributed by atoms with Crippen molar-refractivity contribution < 1.29 is 0 Å². The standard InChI is InChI=1S/C49H34N4/c1-49(2)44-21-11-10-20-40(44)41-23-22-32(29-45(41)49)46-51-47(42-26-24-34(31-13-4-3-5-14-31)36-16-6-8-18-38(36)42)53-48(52-46)43-27-25-35(33-15-12-28-50-30-33)37-17-7-9-19-39(37)43/h3-30H,1-2H3. The van der Waals surface area contributed by atoms with Gasteiger partial charge in [0.2, 0.25) is 0 Å². The summed E-state index contributed by atoms with van der Waals surface area (Å²) in [5.41, 5.74) is 12.5. The molecule has 0 fully saturated rings. The average Bonchev–Trinajstić information content (AvgIpc) is 3.45. The van der Waals surface area contributed by atoms with E-state index in [0.717, 1.165) is 49.4 Å². The van der Waals surface area contributed by atoms with E-state index in [-0.39, 0.29) is 5.41 Å². The van der Waals surface area contributed by atoms with Crippen molar-refractivity contribution in [2.24, 2.45) is 0 Å². The van der Waals surface area contributed by atoms with Gasteiger partial charge in [-0.2, -0.15) is 0 Å². The summed E-state index contributed by atoms with van der Waals surface area (Å²) in [6.45, 7) is 4.62. The first-order chi connectivity index (χ1) is 26.0. The van der Waals surface area contributed by atoms with E-state index >= 15 is 0 Å². The summed E-state index contributed by atoms with van der Waals surface area (Å²) in [6, 6.07) is 55.8. The molecule has 0 spiro atoms. The summed E-state index contributed by atoms with van der Waals surface area (Å²) < 4.78 is 0. The first kappa shape index (κ1) is 31.0. The first-order valence-corrected chi connectivity index (χ1v) is 18.1. The zero-order valence-corrected chi connectivity index (χ0v) is 29.5. The molecule has 0 saturated heterocycles. The third kappa shape index (κ3) is 5.06. The molecule has 0 aliphatic heterocycles. The lowest BCUT2D eigenvalue weighted by Crippen LogP contribution is -2.15. The van der Waals surface area contributed by atoms with Crippen LogP contribution in [0.1, 0.15) is 25.0 Å². The SMILES string of the molecule is CC1(C)c2ccccc2-c2ccc(-c3nc(-c4ccc(-c5ccccc5)c5ccccc45)nc(-c4ccc(-c5cccnc5)c5ccccc45)n3)cc21. The third-order valence-electron chi connectivity index (χ3n) is 10.9. The Morgan fingerprint density at radius 3 is 1.49 bits per heavy atom. The molecule has 4 nitrogen and oxygen atoms in total. The van der Waals surface area contributed by atoms with E-state index in [0.29, 0.717) is 17.5 Å². The van der Waals surface area contributed by atoms with Crippen LogP contribution in [0.5, 0.6) is 0 Å². The normalized spacial score (nSPS) is 12.9. The van der Waals surface area contributed by atoms with Crippen molar-refractivity contribution in [3.63, 3.8) is 0 Å². The van der Waals surface area contributed by atoms with Crippen LogP contribution in [0.3, 0.4) is 0 Å². The molecule has 0 saturated carbocycles. The zero-order chi connectivity index (χ0) is 35.5. The number of rotatable bonds is 5. The fourth-order valence-corrected chi connectivity index (χ4v) is 8.22. The highest BCUT2D eigenvalue weighted by Crippen LogP contribution is 2.49. The molecular formula is C49H34N4. The van der Waals surface area contributed by atoms with Crippen molar-refractivity contribution >= 4 is 21.5 Å². The van der Waals surface area contributed by atoms with Crippen LogP contribution in [0.2, 0.25) is 0 Å². The van der Waals surface area contributed by atoms with Gasteiger partial charge in [0, 0.05) is 40.1 Å². The summed E-state index contributed by atoms with van der Waals surface area (Å²) in [5, 5.41) is 4.45. The molecule has 0 bridgehead atoms. The maximum Gasteiger partial charge on any atom is 0.164 e. The van der Waals surface area contributed by atoms with Crippen LogP contribution in [-0.4, -0.2) is 19.9 Å². The van der Waals surface area contributed by atoms with Crippen LogP contribution >= 0.6 is 0 Å². The summed E-state index contributed by atoms with van der Waals surface area (Å²) >= 11 is 0. The summed E-state index contributed by atoms with van der Waals surface area (Å²) in [4.78, 5) is 20.3. The Morgan fingerprint density at radius 1 is 0.358 bits per heavy atom. The van der Waals surface area contributed by atoms with E-state index in [2.05, 4.69) is 170 Å². The van der Waals surface area contributed by atoms with Crippen molar-refractivity contribution in [3.05, 3.63) is 181 Å². The van der Waals surface area contributed by atoms with Gasteiger partial charge in [0.25, 0.3) is 0 Å². The minimum absolute atomic E-state index is 0.150. The molecule has 250 valence electrons.